The fourth-order valence-electron chi connectivity index (χ4n) is 3.79. The van der Waals surface area contributed by atoms with Gasteiger partial charge >= 0.3 is 5.97 Å². The monoisotopic (exact) mass is 427 g/mol. The van der Waals surface area contributed by atoms with Crippen LogP contribution in [0, 0.1) is 0 Å². The maximum absolute atomic E-state index is 11.0. The number of aliphatic carboxylic acids is 1. The fourth-order valence-corrected chi connectivity index (χ4v) is 3.79. The predicted octanol–water partition coefficient (Wildman–Crippen LogP) is 3.99. The van der Waals surface area contributed by atoms with E-state index in [0.29, 0.717) is 18.1 Å². The van der Waals surface area contributed by atoms with Gasteiger partial charge in [-0.2, -0.15) is 4.98 Å². The summed E-state index contributed by atoms with van der Waals surface area (Å²) >= 11 is 0. The highest BCUT2D eigenvalue weighted by Crippen LogP contribution is 2.33. The lowest BCUT2D eigenvalue weighted by Gasteiger charge is -2.24. The van der Waals surface area contributed by atoms with E-state index in [4.69, 9.17) is 16.6 Å². The van der Waals surface area contributed by atoms with Crippen LogP contribution in [0.15, 0.2) is 72.8 Å². The molecule has 1 atom stereocenters. The first-order valence-electron chi connectivity index (χ1n) is 10.4. The molecule has 0 radical (unpaired) electrons. The topological polar surface area (TPSA) is 118 Å². The minimum atomic E-state index is -1.02. The highest BCUT2D eigenvalue weighted by molar-refractivity contribution is 5.96. The van der Waals surface area contributed by atoms with E-state index in [9.17, 15) is 4.79 Å². The maximum Gasteiger partial charge on any atom is 0.320 e. The molecular weight excluding hydrogens is 402 g/mol. The zero-order valence-electron chi connectivity index (χ0n) is 17.8. The van der Waals surface area contributed by atoms with Crippen LogP contribution in [0.25, 0.3) is 22.0 Å². The summed E-state index contributed by atoms with van der Waals surface area (Å²) in [6.45, 7) is 2.77. The van der Waals surface area contributed by atoms with Crippen LogP contribution < -0.4 is 16.4 Å². The number of carboxylic acids is 1. The summed E-state index contributed by atoms with van der Waals surface area (Å²) in [6.07, 6.45) is 0.261. The van der Waals surface area contributed by atoms with Crippen LogP contribution in [-0.2, 0) is 11.2 Å². The molecule has 4 aromatic rings. The van der Waals surface area contributed by atoms with Crippen LogP contribution in [0.2, 0.25) is 0 Å². The molecular formula is C25H25N5O2. The number of nitrogens with two attached hydrogens (primary N) is 2. The SMILES string of the molecule is CCN(c1cc(-c2ccc(CC(N)C(=O)O)cc2)nc(N)n1)c1cccc2ccccc12. The number of aromatic nitrogens is 2. The van der Waals surface area contributed by atoms with Gasteiger partial charge in [0.25, 0.3) is 0 Å². The first-order chi connectivity index (χ1) is 15.5. The van der Waals surface area contributed by atoms with Crippen molar-refractivity contribution in [2.75, 3.05) is 17.2 Å². The number of anilines is 3. The van der Waals surface area contributed by atoms with Gasteiger partial charge in [0.05, 0.1) is 11.4 Å². The summed E-state index contributed by atoms with van der Waals surface area (Å²) in [7, 11) is 0. The molecule has 3 aromatic carbocycles. The van der Waals surface area contributed by atoms with Crippen molar-refractivity contribution >= 4 is 34.2 Å². The fraction of sp³-hybridized carbons (Fsp3) is 0.160. The largest absolute Gasteiger partial charge is 0.480 e. The standard InChI is InChI=1S/C25H25N5O2/c1-2-30(22-9-5-7-17-6-3-4-8-19(17)22)23-15-21(28-25(27)29-23)18-12-10-16(11-13-18)14-20(26)24(31)32/h3-13,15,20H,2,14,26H2,1H3,(H,31,32)(H2,27,28,29). The van der Waals surface area contributed by atoms with Gasteiger partial charge in [-0.25, -0.2) is 4.98 Å². The zero-order chi connectivity index (χ0) is 22.7. The molecule has 0 amide bonds. The Hall–Kier alpha value is -3.97. The first kappa shape index (κ1) is 21.3. The zero-order valence-corrected chi connectivity index (χ0v) is 17.8. The van der Waals surface area contributed by atoms with E-state index in [1.54, 1.807) is 0 Å². The Morgan fingerprint density at radius 2 is 1.75 bits per heavy atom. The quantitative estimate of drug-likeness (QED) is 0.408. The van der Waals surface area contributed by atoms with Crippen molar-refractivity contribution in [1.29, 1.82) is 0 Å². The van der Waals surface area contributed by atoms with E-state index in [1.807, 2.05) is 48.5 Å². The smallest absolute Gasteiger partial charge is 0.320 e. The molecule has 7 nitrogen and oxygen atoms in total. The Morgan fingerprint density at radius 3 is 2.47 bits per heavy atom. The van der Waals surface area contributed by atoms with Gasteiger partial charge in [0, 0.05) is 23.6 Å². The number of benzene rings is 3. The lowest BCUT2D eigenvalue weighted by atomic mass is 10.0. The average molecular weight is 428 g/mol. The second kappa shape index (κ2) is 9.03. The Labute approximate surface area is 186 Å². The molecule has 0 spiro atoms. The number of nitrogen functional groups attached to an aromatic ring is 1. The second-order valence-corrected chi connectivity index (χ2v) is 7.56. The van der Waals surface area contributed by atoms with Crippen LogP contribution >= 0.6 is 0 Å². The van der Waals surface area contributed by atoms with E-state index < -0.39 is 12.0 Å². The van der Waals surface area contributed by atoms with Crippen LogP contribution in [0.5, 0.6) is 0 Å². The van der Waals surface area contributed by atoms with Gasteiger partial charge in [-0.05, 0) is 30.4 Å². The van der Waals surface area contributed by atoms with Crippen molar-refractivity contribution < 1.29 is 9.90 Å². The molecule has 0 aliphatic carbocycles. The predicted molar refractivity (Wildman–Crippen MR) is 128 cm³/mol. The Morgan fingerprint density at radius 1 is 1.03 bits per heavy atom. The molecule has 162 valence electrons. The van der Waals surface area contributed by atoms with Crippen molar-refractivity contribution in [3.05, 3.63) is 78.4 Å². The normalized spacial score (nSPS) is 11.9. The summed E-state index contributed by atoms with van der Waals surface area (Å²) in [5.41, 5.74) is 15.2. The molecule has 1 unspecified atom stereocenters. The third kappa shape index (κ3) is 4.38. The summed E-state index contributed by atoms with van der Waals surface area (Å²) in [5, 5.41) is 11.3. The van der Waals surface area contributed by atoms with E-state index in [2.05, 4.69) is 46.1 Å². The number of nitrogens with zero attached hydrogens (tertiary/aromatic N) is 3. The van der Waals surface area contributed by atoms with Gasteiger partial charge in [0.1, 0.15) is 11.9 Å². The molecule has 0 fully saturated rings. The van der Waals surface area contributed by atoms with Gasteiger partial charge in [-0.3, -0.25) is 4.79 Å². The van der Waals surface area contributed by atoms with E-state index in [1.165, 1.54) is 0 Å². The minimum absolute atomic E-state index is 0.188. The molecule has 5 N–H and O–H groups in total. The molecule has 4 rings (SSSR count). The van der Waals surface area contributed by atoms with Crippen molar-refractivity contribution in [2.45, 2.75) is 19.4 Å². The molecule has 0 saturated heterocycles. The third-order valence-electron chi connectivity index (χ3n) is 5.40. The van der Waals surface area contributed by atoms with Gasteiger partial charge in [-0.15, -0.1) is 0 Å². The molecule has 0 aliphatic heterocycles. The van der Waals surface area contributed by atoms with Crippen molar-refractivity contribution in [3.63, 3.8) is 0 Å². The minimum Gasteiger partial charge on any atom is -0.480 e. The van der Waals surface area contributed by atoms with Crippen molar-refractivity contribution in [1.82, 2.24) is 9.97 Å². The van der Waals surface area contributed by atoms with Gasteiger partial charge in [0.15, 0.2) is 0 Å². The molecule has 1 aromatic heterocycles. The summed E-state index contributed by atoms with van der Waals surface area (Å²) < 4.78 is 0. The van der Waals surface area contributed by atoms with Crippen LogP contribution in [0.1, 0.15) is 12.5 Å². The van der Waals surface area contributed by atoms with Crippen LogP contribution in [0.3, 0.4) is 0 Å². The number of rotatable bonds is 7. The lowest BCUT2D eigenvalue weighted by molar-refractivity contribution is -0.138. The first-order valence-corrected chi connectivity index (χ1v) is 10.4. The highest BCUT2D eigenvalue weighted by atomic mass is 16.4. The van der Waals surface area contributed by atoms with Gasteiger partial charge < -0.3 is 21.5 Å². The van der Waals surface area contributed by atoms with Crippen LogP contribution in [0.4, 0.5) is 17.5 Å². The van der Waals surface area contributed by atoms with Gasteiger partial charge in [-0.1, -0.05) is 60.7 Å². The third-order valence-corrected chi connectivity index (χ3v) is 5.40. The second-order valence-electron chi connectivity index (χ2n) is 7.56. The Balaban J connectivity index is 1.70. The summed E-state index contributed by atoms with van der Waals surface area (Å²) in [5.74, 6) is -0.119. The maximum atomic E-state index is 11.0. The van der Waals surface area contributed by atoms with E-state index in [-0.39, 0.29) is 12.4 Å². The molecule has 7 heteroatoms. The molecule has 0 saturated carbocycles. The highest BCUT2D eigenvalue weighted by Gasteiger charge is 2.16. The van der Waals surface area contributed by atoms with Crippen molar-refractivity contribution in [2.24, 2.45) is 5.73 Å². The number of hydrogen-bond acceptors (Lipinski definition) is 6. The number of fused-ring (bicyclic) bond motifs is 1. The number of carboxylic acid groups (broad SMARTS) is 1. The average Bonchev–Trinajstić information content (AvgIpc) is 2.80. The summed E-state index contributed by atoms with van der Waals surface area (Å²) in [4.78, 5) is 22.0. The lowest BCUT2D eigenvalue weighted by Crippen LogP contribution is -2.32. The number of carbonyl (C=O) groups is 1. The van der Waals surface area contributed by atoms with Crippen LogP contribution in [-0.4, -0.2) is 33.6 Å². The van der Waals surface area contributed by atoms with E-state index in [0.717, 1.165) is 27.6 Å². The Kier molecular flexibility index (Phi) is 6.00. The number of hydrogen-bond donors (Lipinski definition) is 3. The van der Waals surface area contributed by atoms with Gasteiger partial charge in [0.2, 0.25) is 5.95 Å². The van der Waals surface area contributed by atoms with E-state index >= 15 is 0 Å². The summed E-state index contributed by atoms with van der Waals surface area (Å²) in [6, 6.07) is 22.9. The van der Waals surface area contributed by atoms with Crippen molar-refractivity contribution in [3.8, 4) is 11.3 Å². The molecule has 0 bridgehead atoms. The molecule has 32 heavy (non-hydrogen) atoms. The molecule has 0 aliphatic rings. The molecule has 1 heterocycles. The Bertz CT molecular complexity index is 1250.